The molecule has 3 rings (SSSR count). The first-order chi connectivity index (χ1) is 13.0. The normalized spacial score (nSPS) is 12.3. The van der Waals surface area contributed by atoms with Crippen molar-refractivity contribution in [1.82, 2.24) is 0 Å². The Labute approximate surface area is 158 Å². The lowest BCUT2D eigenvalue weighted by Crippen LogP contribution is -2.18. The second-order valence-electron chi connectivity index (χ2n) is 5.48. The molecule has 8 nitrogen and oxygen atoms in total. The maximum atomic E-state index is 12.2. The van der Waals surface area contributed by atoms with Gasteiger partial charge in [0.05, 0.1) is 10.7 Å². The molecule has 0 unspecified atom stereocenters. The van der Waals surface area contributed by atoms with Crippen LogP contribution in [-0.4, -0.2) is 42.2 Å². The van der Waals surface area contributed by atoms with E-state index in [0.29, 0.717) is 35.2 Å². The van der Waals surface area contributed by atoms with E-state index >= 15 is 0 Å². The first-order valence-electron chi connectivity index (χ1n) is 7.98. The summed E-state index contributed by atoms with van der Waals surface area (Å²) in [4.78, 5) is 34.8. The highest BCUT2D eigenvalue weighted by Gasteiger charge is 2.16. The van der Waals surface area contributed by atoms with Gasteiger partial charge in [0.25, 0.3) is 5.69 Å². The first kappa shape index (κ1) is 18.7. The number of benzene rings is 2. The van der Waals surface area contributed by atoms with E-state index in [2.05, 4.69) is 0 Å². The van der Waals surface area contributed by atoms with E-state index < -0.39 is 10.9 Å². The summed E-state index contributed by atoms with van der Waals surface area (Å²) in [6.07, 6.45) is 0. The zero-order valence-electron chi connectivity index (χ0n) is 14.1. The second-order valence-corrected chi connectivity index (χ2v) is 6.53. The molecule has 27 heavy (non-hydrogen) atoms. The fourth-order valence-electron chi connectivity index (χ4n) is 2.29. The molecule has 0 saturated heterocycles. The highest BCUT2D eigenvalue weighted by Crippen LogP contribution is 2.30. The van der Waals surface area contributed by atoms with Gasteiger partial charge in [-0.15, -0.1) is 11.8 Å². The third kappa shape index (κ3) is 4.98. The molecule has 0 amide bonds. The number of rotatable bonds is 7. The Morgan fingerprint density at radius 3 is 2.48 bits per heavy atom. The van der Waals surface area contributed by atoms with E-state index in [1.165, 1.54) is 23.9 Å². The molecule has 0 fully saturated rings. The van der Waals surface area contributed by atoms with Gasteiger partial charge in [-0.1, -0.05) is 0 Å². The van der Waals surface area contributed by atoms with Gasteiger partial charge in [-0.2, -0.15) is 0 Å². The van der Waals surface area contributed by atoms with Gasteiger partial charge >= 0.3 is 5.97 Å². The molecule has 0 saturated carbocycles. The standard InChI is InChI=1S/C18H15NO7S/c20-15(12-1-6-16-17(9-12)25-8-7-24-16)10-26-18(21)11-27-14-4-2-13(3-5-14)19(22)23/h1-6,9H,7-8,10-11H2. The Morgan fingerprint density at radius 2 is 1.78 bits per heavy atom. The van der Waals surface area contributed by atoms with Gasteiger partial charge in [0.15, 0.2) is 23.9 Å². The lowest BCUT2D eigenvalue weighted by atomic mass is 10.1. The van der Waals surface area contributed by atoms with Crippen LogP contribution in [0.3, 0.4) is 0 Å². The highest BCUT2D eigenvalue weighted by atomic mass is 32.2. The van der Waals surface area contributed by atoms with Gasteiger partial charge in [0.2, 0.25) is 0 Å². The minimum absolute atomic E-state index is 0.00771. The molecule has 1 aliphatic rings. The van der Waals surface area contributed by atoms with Crippen LogP contribution >= 0.6 is 11.8 Å². The summed E-state index contributed by atoms with van der Waals surface area (Å²) >= 11 is 1.17. The Morgan fingerprint density at radius 1 is 1.07 bits per heavy atom. The molecular weight excluding hydrogens is 374 g/mol. The SMILES string of the molecule is O=C(CSc1ccc([N+](=O)[O-])cc1)OCC(=O)c1ccc2c(c1)OCCO2. The van der Waals surface area contributed by atoms with E-state index in [0.717, 1.165) is 0 Å². The van der Waals surface area contributed by atoms with Crippen LogP contribution in [0.5, 0.6) is 11.5 Å². The quantitative estimate of drug-likeness (QED) is 0.234. The van der Waals surface area contributed by atoms with Crippen molar-refractivity contribution in [3.63, 3.8) is 0 Å². The number of non-ortho nitro benzene ring substituents is 1. The maximum absolute atomic E-state index is 12.2. The predicted molar refractivity (Wildman–Crippen MR) is 96.5 cm³/mol. The van der Waals surface area contributed by atoms with Crippen LogP contribution in [-0.2, 0) is 9.53 Å². The summed E-state index contributed by atoms with van der Waals surface area (Å²) in [7, 11) is 0. The number of nitrogens with zero attached hydrogens (tertiary/aromatic N) is 1. The van der Waals surface area contributed by atoms with Gasteiger partial charge in [0, 0.05) is 22.6 Å². The molecule has 1 heterocycles. The molecule has 1 aliphatic heterocycles. The molecule has 0 bridgehead atoms. The molecule has 9 heteroatoms. The molecule has 2 aromatic rings. The number of hydrogen-bond donors (Lipinski definition) is 0. The monoisotopic (exact) mass is 389 g/mol. The number of esters is 1. The molecule has 0 atom stereocenters. The van der Waals surface area contributed by atoms with Crippen LogP contribution in [0, 0.1) is 10.1 Å². The smallest absolute Gasteiger partial charge is 0.316 e. The number of hydrogen-bond acceptors (Lipinski definition) is 8. The van der Waals surface area contributed by atoms with Crippen molar-refractivity contribution in [2.45, 2.75) is 4.90 Å². The first-order valence-corrected chi connectivity index (χ1v) is 8.97. The van der Waals surface area contributed by atoms with Crippen molar-refractivity contribution in [3.8, 4) is 11.5 Å². The number of carbonyl (C=O) groups is 2. The second kappa shape index (κ2) is 8.54. The summed E-state index contributed by atoms with van der Waals surface area (Å²) in [6, 6.07) is 10.6. The van der Waals surface area contributed by atoms with E-state index in [1.807, 2.05) is 0 Å². The fourth-order valence-corrected chi connectivity index (χ4v) is 2.99. The van der Waals surface area contributed by atoms with Gasteiger partial charge < -0.3 is 14.2 Å². The number of Topliss-reactive ketones (excluding diaryl/α,β-unsaturated/α-hetero) is 1. The van der Waals surface area contributed by atoms with E-state index in [1.54, 1.807) is 30.3 Å². The number of fused-ring (bicyclic) bond motifs is 1. The van der Waals surface area contributed by atoms with Crippen LogP contribution in [0.2, 0.25) is 0 Å². The lowest BCUT2D eigenvalue weighted by molar-refractivity contribution is -0.384. The van der Waals surface area contributed by atoms with Crippen LogP contribution in [0.25, 0.3) is 0 Å². The summed E-state index contributed by atoms with van der Waals surface area (Å²) in [5.41, 5.74) is 0.349. The zero-order valence-corrected chi connectivity index (χ0v) is 14.9. The number of carbonyl (C=O) groups excluding carboxylic acids is 2. The van der Waals surface area contributed by atoms with Gasteiger partial charge in [-0.3, -0.25) is 19.7 Å². The number of ether oxygens (including phenoxy) is 3. The van der Waals surface area contributed by atoms with Crippen molar-refractivity contribution in [2.75, 3.05) is 25.6 Å². The van der Waals surface area contributed by atoms with Crippen molar-refractivity contribution >= 4 is 29.2 Å². The summed E-state index contributed by atoms with van der Waals surface area (Å²) in [5, 5.41) is 10.6. The van der Waals surface area contributed by atoms with Crippen LogP contribution in [0.15, 0.2) is 47.4 Å². The van der Waals surface area contributed by atoms with Gasteiger partial charge in [0.1, 0.15) is 13.2 Å². The van der Waals surface area contributed by atoms with E-state index in [4.69, 9.17) is 14.2 Å². The third-order valence-corrected chi connectivity index (χ3v) is 4.62. The number of nitro groups is 1. The third-order valence-electron chi connectivity index (χ3n) is 3.63. The summed E-state index contributed by atoms with van der Waals surface area (Å²) in [5.74, 6) is 0.165. The fraction of sp³-hybridized carbons (Fsp3) is 0.222. The Kier molecular flexibility index (Phi) is 5.92. The minimum Gasteiger partial charge on any atom is -0.486 e. The van der Waals surface area contributed by atoms with E-state index in [-0.39, 0.29) is 23.8 Å². The number of thioether (sulfide) groups is 1. The van der Waals surface area contributed by atoms with Crippen LogP contribution in [0.1, 0.15) is 10.4 Å². The van der Waals surface area contributed by atoms with Gasteiger partial charge in [-0.25, -0.2) is 0 Å². The average molecular weight is 389 g/mol. The highest BCUT2D eigenvalue weighted by molar-refractivity contribution is 8.00. The van der Waals surface area contributed by atoms with E-state index in [9.17, 15) is 19.7 Å². The summed E-state index contributed by atoms with van der Waals surface area (Å²) in [6.45, 7) is 0.503. The topological polar surface area (TPSA) is 105 Å². The van der Waals surface area contributed by atoms with Crippen LogP contribution < -0.4 is 9.47 Å². The Hall–Kier alpha value is -3.07. The molecule has 0 aromatic heterocycles. The van der Waals surface area contributed by atoms with Crippen LogP contribution in [0.4, 0.5) is 5.69 Å². The number of nitro benzene ring substituents is 1. The molecule has 0 spiro atoms. The average Bonchev–Trinajstić information content (AvgIpc) is 2.70. The number of ketones is 1. The van der Waals surface area contributed by atoms with Crippen molar-refractivity contribution in [3.05, 3.63) is 58.1 Å². The van der Waals surface area contributed by atoms with Gasteiger partial charge in [-0.05, 0) is 30.3 Å². The molecule has 0 radical (unpaired) electrons. The lowest BCUT2D eigenvalue weighted by Gasteiger charge is -2.18. The molecule has 140 valence electrons. The van der Waals surface area contributed by atoms with Crippen molar-refractivity contribution in [2.24, 2.45) is 0 Å². The zero-order chi connectivity index (χ0) is 19.2. The minimum atomic E-state index is -0.552. The molecule has 2 aromatic carbocycles. The maximum Gasteiger partial charge on any atom is 0.316 e. The van der Waals surface area contributed by atoms with Crippen molar-refractivity contribution in [1.29, 1.82) is 0 Å². The molecular formula is C18H15NO7S. The largest absolute Gasteiger partial charge is 0.486 e. The molecule has 0 aliphatic carbocycles. The molecule has 0 N–H and O–H groups in total. The van der Waals surface area contributed by atoms with Crippen molar-refractivity contribution < 1.29 is 28.7 Å². The predicted octanol–water partition coefficient (Wildman–Crippen LogP) is 2.88. The Bertz CT molecular complexity index is 867. The Balaban J connectivity index is 1.47. The summed E-state index contributed by atoms with van der Waals surface area (Å²) < 4.78 is 15.8.